The Hall–Kier alpha value is -4.20. The highest BCUT2D eigenvalue weighted by atomic mass is 32.1. The summed E-state index contributed by atoms with van der Waals surface area (Å²) >= 11 is 1.98. The number of thiophene rings is 1. The number of benzene rings is 6. The molecule has 1 heteroatoms. The SMILES string of the molecule is c1ccc(-c2cccc(-c3cccc4c3sc3c5c(c6ccccc6c34)-c3ccccc3C5)c2)cc1. The minimum absolute atomic E-state index is 1.01. The summed E-state index contributed by atoms with van der Waals surface area (Å²) in [7, 11) is 0. The Bertz CT molecular complexity index is 1960. The van der Waals surface area contributed by atoms with Gasteiger partial charge in [-0.3, -0.25) is 0 Å². The van der Waals surface area contributed by atoms with Gasteiger partial charge in [0.15, 0.2) is 0 Å². The Kier molecular flexibility index (Phi) is 4.26. The molecule has 0 spiro atoms. The lowest BCUT2D eigenvalue weighted by Gasteiger charge is -2.10. The molecule has 0 amide bonds. The van der Waals surface area contributed by atoms with Gasteiger partial charge in [0.25, 0.3) is 0 Å². The van der Waals surface area contributed by atoms with E-state index in [1.807, 2.05) is 11.3 Å². The molecule has 0 radical (unpaired) electrons. The molecule has 1 aliphatic carbocycles. The summed E-state index contributed by atoms with van der Waals surface area (Å²) in [5.74, 6) is 0. The molecule has 0 atom stereocenters. The summed E-state index contributed by atoms with van der Waals surface area (Å²) in [6, 6.07) is 44.4. The van der Waals surface area contributed by atoms with E-state index in [9.17, 15) is 0 Å². The average molecular weight is 475 g/mol. The fourth-order valence-electron chi connectivity index (χ4n) is 6.10. The van der Waals surface area contributed by atoms with Gasteiger partial charge in [0.05, 0.1) is 0 Å². The summed E-state index contributed by atoms with van der Waals surface area (Å²) in [5.41, 5.74) is 10.9. The molecule has 6 aromatic carbocycles. The molecule has 0 fully saturated rings. The Morgan fingerprint density at radius 3 is 2.06 bits per heavy atom. The Morgan fingerprint density at radius 1 is 0.472 bits per heavy atom. The maximum atomic E-state index is 2.34. The lowest BCUT2D eigenvalue weighted by molar-refractivity contribution is 1.29. The molecule has 1 aliphatic rings. The molecule has 8 rings (SSSR count). The lowest BCUT2D eigenvalue weighted by atomic mass is 9.93. The van der Waals surface area contributed by atoms with Crippen LogP contribution in [0.15, 0.2) is 121 Å². The number of fused-ring (bicyclic) bond motifs is 10. The predicted molar refractivity (Wildman–Crippen MR) is 156 cm³/mol. The third kappa shape index (κ3) is 2.81. The van der Waals surface area contributed by atoms with E-state index in [0.29, 0.717) is 0 Å². The summed E-state index contributed by atoms with van der Waals surface area (Å²) in [6.45, 7) is 0. The van der Waals surface area contributed by atoms with Crippen LogP contribution in [-0.4, -0.2) is 0 Å². The van der Waals surface area contributed by atoms with Gasteiger partial charge in [-0.15, -0.1) is 11.3 Å². The number of hydrogen-bond acceptors (Lipinski definition) is 1. The summed E-state index contributed by atoms with van der Waals surface area (Å²) in [6.07, 6.45) is 1.01. The third-order valence-corrected chi connectivity index (χ3v) is 8.99. The highest BCUT2D eigenvalue weighted by molar-refractivity contribution is 7.26. The van der Waals surface area contributed by atoms with Crippen LogP contribution >= 0.6 is 11.3 Å². The zero-order valence-corrected chi connectivity index (χ0v) is 20.5. The van der Waals surface area contributed by atoms with Gasteiger partial charge < -0.3 is 0 Å². The summed E-state index contributed by atoms with van der Waals surface area (Å²) < 4.78 is 2.83. The summed E-state index contributed by atoms with van der Waals surface area (Å²) in [5, 5.41) is 5.52. The second-order valence-corrected chi connectivity index (χ2v) is 10.7. The highest BCUT2D eigenvalue weighted by Gasteiger charge is 2.26. The smallest absolute Gasteiger partial charge is 0.0434 e. The standard InChI is InChI=1S/C35H22S/c1-2-10-22(11-3-1)23-13-8-14-24(20-23)27-18-9-19-30-33-29-17-7-6-16-28(29)32-26-15-5-4-12-25(26)21-31(32)35(33)36-34(27)30/h1-20H,21H2. The van der Waals surface area contributed by atoms with Gasteiger partial charge >= 0.3 is 0 Å². The number of hydrogen-bond donors (Lipinski definition) is 0. The van der Waals surface area contributed by atoms with Crippen LogP contribution in [0.5, 0.6) is 0 Å². The van der Waals surface area contributed by atoms with Crippen LogP contribution in [0.2, 0.25) is 0 Å². The molecule has 0 saturated carbocycles. The molecule has 0 saturated heterocycles. The molecule has 168 valence electrons. The molecule has 0 unspecified atom stereocenters. The van der Waals surface area contributed by atoms with Crippen molar-refractivity contribution >= 4 is 42.3 Å². The van der Waals surface area contributed by atoms with Crippen LogP contribution in [0.3, 0.4) is 0 Å². The molecule has 0 nitrogen and oxygen atoms in total. The maximum absolute atomic E-state index is 2.34. The van der Waals surface area contributed by atoms with Gasteiger partial charge in [-0.05, 0) is 61.3 Å². The first kappa shape index (κ1) is 20.0. The van der Waals surface area contributed by atoms with E-state index < -0.39 is 0 Å². The quantitative estimate of drug-likeness (QED) is 0.234. The van der Waals surface area contributed by atoms with Gasteiger partial charge in [0, 0.05) is 26.6 Å². The van der Waals surface area contributed by atoms with Crippen LogP contribution in [0.1, 0.15) is 11.1 Å². The molecule has 0 aliphatic heterocycles. The average Bonchev–Trinajstić information content (AvgIpc) is 3.53. The molecule has 7 aromatic rings. The van der Waals surface area contributed by atoms with Crippen molar-refractivity contribution in [3.05, 3.63) is 132 Å². The van der Waals surface area contributed by atoms with Gasteiger partial charge in [-0.25, -0.2) is 0 Å². The topological polar surface area (TPSA) is 0 Å². The predicted octanol–water partition coefficient (Wildman–Crippen LogP) is 10.1. The van der Waals surface area contributed by atoms with E-state index >= 15 is 0 Å². The largest absolute Gasteiger partial charge is 0.134 e. The zero-order chi connectivity index (χ0) is 23.6. The van der Waals surface area contributed by atoms with Crippen LogP contribution in [0.4, 0.5) is 0 Å². The highest BCUT2D eigenvalue weighted by Crippen LogP contribution is 2.51. The molecule has 1 aromatic heterocycles. The second kappa shape index (κ2) is 7.65. The normalized spacial score (nSPS) is 12.3. The molecule has 0 bridgehead atoms. The zero-order valence-electron chi connectivity index (χ0n) is 19.7. The first-order valence-corrected chi connectivity index (χ1v) is 13.3. The first-order chi connectivity index (χ1) is 17.9. The van der Waals surface area contributed by atoms with Crippen molar-refractivity contribution in [2.75, 3.05) is 0 Å². The van der Waals surface area contributed by atoms with Crippen molar-refractivity contribution in [2.45, 2.75) is 6.42 Å². The van der Waals surface area contributed by atoms with Crippen molar-refractivity contribution in [3.63, 3.8) is 0 Å². The molecule has 36 heavy (non-hydrogen) atoms. The van der Waals surface area contributed by atoms with Crippen LogP contribution in [0.25, 0.3) is 64.3 Å². The van der Waals surface area contributed by atoms with Crippen LogP contribution in [0, 0.1) is 0 Å². The van der Waals surface area contributed by atoms with Crippen LogP contribution in [-0.2, 0) is 6.42 Å². The van der Waals surface area contributed by atoms with Crippen molar-refractivity contribution < 1.29 is 0 Å². The van der Waals surface area contributed by atoms with Crippen molar-refractivity contribution in [1.82, 2.24) is 0 Å². The second-order valence-electron chi connectivity index (χ2n) is 9.67. The fourth-order valence-corrected chi connectivity index (χ4v) is 7.50. The Morgan fingerprint density at radius 2 is 1.14 bits per heavy atom. The molecular formula is C35H22S. The van der Waals surface area contributed by atoms with Gasteiger partial charge in [0.2, 0.25) is 0 Å². The minimum atomic E-state index is 1.01. The van der Waals surface area contributed by atoms with Crippen molar-refractivity contribution in [2.24, 2.45) is 0 Å². The monoisotopic (exact) mass is 474 g/mol. The summed E-state index contributed by atoms with van der Waals surface area (Å²) in [4.78, 5) is 0. The Labute approximate surface area is 214 Å². The lowest BCUT2D eigenvalue weighted by Crippen LogP contribution is -1.85. The van der Waals surface area contributed by atoms with E-state index in [1.54, 1.807) is 0 Å². The van der Waals surface area contributed by atoms with Gasteiger partial charge in [-0.2, -0.15) is 0 Å². The molecule has 1 heterocycles. The van der Waals surface area contributed by atoms with E-state index in [2.05, 4.69) is 121 Å². The maximum Gasteiger partial charge on any atom is 0.0434 e. The molecular weight excluding hydrogens is 452 g/mol. The number of rotatable bonds is 2. The van der Waals surface area contributed by atoms with E-state index in [-0.39, 0.29) is 0 Å². The van der Waals surface area contributed by atoms with Crippen molar-refractivity contribution in [3.8, 4) is 33.4 Å². The van der Waals surface area contributed by atoms with E-state index in [1.165, 1.54) is 75.5 Å². The minimum Gasteiger partial charge on any atom is -0.134 e. The Balaban J connectivity index is 1.44. The van der Waals surface area contributed by atoms with Gasteiger partial charge in [-0.1, -0.05) is 115 Å². The first-order valence-electron chi connectivity index (χ1n) is 12.5. The fraction of sp³-hybridized carbons (Fsp3) is 0.0286. The van der Waals surface area contributed by atoms with Gasteiger partial charge in [0.1, 0.15) is 0 Å². The molecule has 0 N–H and O–H groups in total. The van der Waals surface area contributed by atoms with Crippen molar-refractivity contribution in [1.29, 1.82) is 0 Å². The van der Waals surface area contributed by atoms with E-state index in [0.717, 1.165) is 6.42 Å². The third-order valence-electron chi connectivity index (χ3n) is 7.69. The van der Waals surface area contributed by atoms with Crippen LogP contribution < -0.4 is 0 Å². The van der Waals surface area contributed by atoms with E-state index in [4.69, 9.17) is 0 Å².